The lowest BCUT2D eigenvalue weighted by molar-refractivity contribution is 0.0527. The number of methoxy groups -OCH3 is 1. The number of fused-ring (bicyclic) bond motifs is 1. The lowest BCUT2D eigenvalue weighted by Gasteiger charge is -2.16. The standard InChI is InChI=1S/C20H19ClN2O3/c1-4-26-20(24)17-11-22-18-12(2)8-13(21)9-16(18)19(17)23-14-6-5-7-15(10-14)25-3/h5-11H,4H2,1-3H3,(H,22,23). The minimum Gasteiger partial charge on any atom is -0.497 e. The Labute approximate surface area is 156 Å². The number of halogens is 1. The molecule has 0 saturated carbocycles. The fraction of sp³-hybridized carbons (Fsp3) is 0.200. The molecule has 0 aliphatic carbocycles. The molecule has 0 aliphatic rings. The highest BCUT2D eigenvalue weighted by Gasteiger charge is 2.18. The molecule has 0 fully saturated rings. The summed E-state index contributed by atoms with van der Waals surface area (Å²) in [6, 6.07) is 11.1. The summed E-state index contributed by atoms with van der Waals surface area (Å²) < 4.78 is 10.5. The molecular weight excluding hydrogens is 352 g/mol. The summed E-state index contributed by atoms with van der Waals surface area (Å²) >= 11 is 6.25. The zero-order valence-electron chi connectivity index (χ0n) is 14.8. The molecule has 0 bridgehead atoms. The Morgan fingerprint density at radius 2 is 2.08 bits per heavy atom. The first-order valence-corrected chi connectivity index (χ1v) is 8.58. The molecule has 3 rings (SSSR count). The highest BCUT2D eigenvalue weighted by atomic mass is 35.5. The lowest BCUT2D eigenvalue weighted by atomic mass is 10.1. The molecule has 0 unspecified atom stereocenters. The molecule has 26 heavy (non-hydrogen) atoms. The number of pyridine rings is 1. The zero-order chi connectivity index (χ0) is 18.7. The molecule has 1 N–H and O–H groups in total. The predicted molar refractivity (Wildman–Crippen MR) is 104 cm³/mol. The quantitative estimate of drug-likeness (QED) is 0.631. The average molecular weight is 371 g/mol. The Hall–Kier alpha value is -2.79. The maximum atomic E-state index is 12.4. The van der Waals surface area contributed by atoms with Gasteiger partial charge in [0.2, 0.25) is 0 Å². The first-order chi connectivity index (χ1) is 12.5. The number of carbonyl (C=O) groups excluding carboxylic acids is 1. The van der Waals surface area contributed by atoms with Crippen LogP contribution in [0.25, 0.3) is 10.9 Å². The van der Waals surface area contributed by atoms with Crippen LogP contribution in [0.5, 0.6) is 5.75 Å². The van der Waals surface area contributed by atoms with Crippen LogP contribution in [0.2, 0.25) is 5.02 Å². The SMILES string of the molecule is CCOC(=O)c1cnc2c(C)cc(Cl)cc2c1Nc1cccc(OC)c1. The Morgan fingerprint density at radius 3 is 2.81 bits per heavy atom. The van der Waals surface area contributed by atoms with E-state index in [0.717, 1.165) is 22.2 Å². The van der Waals surface area contributed by atoms with Crippen molar-refractivity contribution < 1.29 is 14.3 Å². The Balaban J connectivity index is 2.20. The second-order valence-corrected chi connectivity index (χ2v) is 6.18. The first kappa shape index (κ1) is 18.0. The van der Waals surface area contributed by atoms with Crippen LogP contribution in [-0.2, 0) is 4.74 Å². The Morgan fingerprint density at radius 1 is 1.27 bits per heavy atom. The van der Waals surface area contributed by atoms with Gasteiger partial charge in [0, 0.05) is 28.4 Å². The fourth-order valence-corrected chi connectivity index (χ4v) is 3.05. The van der Waals surface area contributed by atoms with Gasteiger partial charge in [-0.1, -0.05) is 17.7 Å². The van der Waals surface area contributed by atoms with Gasteiger partial charge in [0.25, 0.3) is 0 Å². The summed E-state index contributed by atoms with van der Waals surface area (Å²) in [5, 5.41) is 4.63. The fourth-order valence-electron chi connectivity index (χ4n) is 2.78. The largest absolute Gasteiger partial charge is 0.497 e. The minimum atomic E-state index is -0.440. The normalized spacial score (nSPS) is 10.6. The van der Waals surface area contributed by atoms with Crippen molar-refractivity contribution in [1.29, 1.82) is 0 Å². The van der Waals surface area contributed by atoms with Gasteiger partial charge in [-0.2, -0.15) is 0 Å². The van der Waals surface area contributed by atoms with E-state index in [1.165, 1.54) is 6.20 Å². The van der Waals surface area contributed by atoms with Crippen LogP contribution < -0.4 is 10.1 Å². The number of esters is 1. The zero-order valence-corrected chi connectivity index (χ0v) is 15.6. The van der Waals surface area contributed by atoms with Crippen molar-refractivity contribution in [1.82, 2.24) is 4.98 Å². The van der Waals surface area contributed by atoms with Crippen molar-refractivity contribution in [2.24, 2.45) is 0 Å². The van der Waals surface area contributed by atoms with Gasteiger partial charge in [-0.3, -0.25) is 4.98 Å². The van der Waals surface area contributed by atoms with Crippen molar-refractivity contribution in [3.63, 3.8) is 0 Å². The number of carbonyl (C=O) groups is 1. The van der Waals surface area contributed by atoms with Gasteiger partial charge in [-0.15, -0.1) is 0 Å². The summed E-state index contributed by atoms with van der Waals surface area (Å²) in [6.45, 7) is 3.98. The van der Waals surface area contributed by atoms with E-state index in [1.54, 1.807) is 20.1 Å². The smallest absolute Gasteiger partial charge is 0.341 e. The molecular formula is C20H19ClN2O3. The first-order valence-electron chi connectivity index (χ1n) is 8.20. The lowest BCUT2D eigenvalue weighted by Crippen LogP contribution is -2.09. The molecule has 3 aromatic rings. The number of ether oxygens (including phenoxy) is 2. The van der Waals surface area contributed by atoms with E-state index in [0.29, 0.717) is 22.0 Å². The number of aryl methyl sites for hydroxylation is 1. The van der Waals surface area contributed by atoms with E-state index in [2.05, 4.69) is 10.3 Å². The van der Waals surface area contributed by atoms with Gasteiger partial charge in [0.05, 0.1) is 24.9 Å². The number of hydrogen-bond acceptors (Lipinski definition) is 5. The maximum absolute atomic E-state index is 12.4. The number of anilines is 2. The number of benzene rings is 2. The third-order valence-corrected chi connectivity index (χ3v) is 4.18. The molecule has 0 saturated heterocycles. The van der Waals surface area contributed by atoms with Crippen LogP contribution in [0.15, 0.2) is 42.6 Å². The van der Waals surface area contributed by atoms with Crippen molar-refractivity contribution in [2.75, 3.05) is 19.0 Å². The maximum Gasteiger partial charge on any atom is 0.341 e. The summed E-state index contributed by atoms with van der Waals surface area (Å²) in [5.74, 6) is 0.269. The monoisotopic (exact) mass is 370 g/mol. The van der Waals surface area contributed by atoms with E-state index in [4.69, 9.17) is 21.1 Å². The van der Waals surface area contributed by atoms with E-state index in [1.807, 2.05) is 37.3 Å². The highest BCUT2D eigenvalue weighted by Crippen LogP contribution is 2.34. The number of hydrogen-bond donors (Lipinski definition) is 1. The van der Waals surface area contributed by atoms with E-state index in [9.17, 15) is 4.79 Å². The molecule has 6 heteroatoms. The second kappa shape index (κ2) is 7.62. The predicted octanol–water partition coefficient (Wildman–Crippen LogP) is 5.13. The van der Waals surface area contributed by atoms with E-state index >= 15 is 0 Å². The van der Waals surface area contributed by atoms with Crippen molar-refractivity contribution >= 4 is 39.8 Å². The molecule has 0 atom stereocenters. The second-order valence-electron chi connectivity index (χ2n) is 5.74. The van der Waals surface area contributed by atoms with Crippen LogP contribution in [0, 0.1) is 6.92 Å². The molecule has 0 radical (unpaired) electrons. The molecule has 1 heterocycles. The summed E-state index contributed by atoms with van der Waals surface area (Å²) in [4.78, 5) is 16.9. The van der Waals surface area contributed by atoms with E-state index < -0.39 is 5.97 Å². The van der Waals surface area contributed by atoms with E-state index in [-0.39, 0.29) is 6.61 Å². The molecule has 0 amide bonds. The number of nitrogens with zero attached hydrogens (tertiary/aromatic N) is 1. The van der Waals surface area contributed by atoms with Crippen LogP contribution in [-0.4, -0.2) is 24.7 Å². The van der Waals surface area contributed by atoms with Gasteiger partial charge in [-0.25, -0.2) is 4.79 Å². The van der Waals surface area contributed by atoms with Crippen LogP contribution in [0.1, 0.15) is 22.8 Å². The Bertz CT molecular complexity index is 973. The summed E-state index contributed by atoms with van der Waals surface area (Å²) in [7, 11) is 1.61. The molecule has 0 spiro atoms. The number of rotatable bonds is 5. The highest BCUT2D eigenvalue weighted by molar-refractivity contribution is 6.31. The van der Waals surface area contributed by atoms with Gasteiger partial charge in [-0.05, 0) is 43.7 Å². The third kappa shape index (κ3) is 3.58. The minimum absolute atomic E-state index is 0.282. The average Bonchev–Trinajstić information content (AvgIpc) is 2.62. The molecule has 5 nitrogen and oxygen atoms in total. The van der Waals surface area contributed by atoms with Crippen LogP contribution in [0.3, 0.4) is 0 Å². The molecule has 1 aromatic heterocycles. The molecule has 134 valence electrons. The van der Waals surface area contributed by atoms with Crippen LogP contribution >= 0.6 is 11.6 Å². The van der Waals surface area contributed by atoms with Gasteiger partial charge < -0.3 is 14.8 Å². The number of aromatic nitrogens is 1. The molecule has 2 aromatic carbocycles. The summed E-state index contributed by atoms with van der Waals surface area (Å²) in [6.07, 6.45) is 1.53. The van der Waals surface area contributed by atoms with Gasteiger partial charge in [0.1, 0.15) is 11.3 Å². The summed E-state index contributed by atoms with van der Waals surface area (Å²) in [5.41, 5.74) is 3.43. The van der Waals surface area contributed by atoms with Crippen molar-refractivity contribution in [3.8, 4) is 5.75 Å². The van der Waals surface area contributed by atoms with Crippen LogP contribution in [0.4, 0.5) is 11.4 Å². The molecule has 0 aliphatic heterocycles. The van der Waals surface area contributed by atoms with Gasteiger partial charge >= 0.3 is 5.97 Å². The van der Waals surface area contributed by atoms with Gasteiger partial charge in [0.15, 0.2) is 0 Å². The van der Waals surface area contributed by atoms with Crippen molar-refractivity contribution in [2.45, 2.75) is 13.8 Å². The number of nitrogens with one attached hydrogen (secondary N) is 1. The Kier molecular flexibility index (Phi) is 5.28. The third-order valence-electron chi connectivity index (χ3n) is 3.96. The topological polar surface area (TPSA) is 60.5 Å². The van der Waals surface area contributed by atoms with Crippen molar-refractivity contribution in [3.05, 3.63) is 58.7 Å².